The van der Waals surface area contributed by atoms with Crippen LogP contribution in [0.15, 0.2) is 36.1 Å². The van der Waals surface area contributed by atoms with E-state index in [1.807, 2.05) is 6.20 Å². The Morgan fingerprint density at radius 1 is 1.29 bits per heavy atom. The average Bonchev–Trinajstić information content (AvgIpc) is 3.15. The first-order valence-corrected chi connectivity index (χ1v) is 9.52. The number of aromatic nitrogens is 2. The molecule has 2 aromatic heterocycles. The number of fused-ring (bicyclic) bond motifs is 1. The summed E-state index contributed by atoms with van der Waals surface area (Å²) in [6, 6.07) is 4.63. The lowest BCUT2D eigenvalue weighted by atomic mass is 9.83. The SMILES string of the molecule is O=C1CC[C@H]2CN(c3cnccn3)CC[C@H]2N1CCc1cccs1. The monoisotopic (exact) mass is 342 g/mol. The Labute approximate surface area is 146 Å². The summed E-state index contributed by atoms with van der Waals surface area (Å²) in [5, 5.41) is 2.11. The molecule has 2 aliphatic rings. The third kappa shape index (κ3) is 3.15. The fourth-order valence-electron chi connectivity index (χ4n) is 3.99. The van der Waals surface area contributed by atoms with Gasteiger partial charge in [-0.1, -0.05) is 6.07 Å². The predicted octanol–water partition coefficient (Wildman–Crippen LogP) is 2.60. The Morgan fingerprint density at radius 3 is 3.04 bits per heavy atom. The zero-order valence-electron chi connectivity index (χ0n) is 13.7. The van der Waals surface area contributed by atoms with Gasteiger partial charge in [-0.3, -0.25) is 9.78 Å². The number of carbonyl (C=O) groups is 1. The molecule has 0 bridgehead atoms. The number of amides is 1. The molecule has 2 fully saturated rings. The summed E-state index contributed by atoms with van der Waals surface area (Å²) in [5.41, 5.74) is 0. The fourth-order valence-corrected chi connectivity index (χ4v) is 4.69. The fraction of sp³-hybridized carbons (Fsp3) is 0.500. The van der Waals surface area contributed by atoms with Crippen molar-refractivity contribution in [2.24, 2.45) is 5.92 Å². The van der Waals surface area contributed by atoms with Crippen molar-refractivity contribution >= 4 is 23.1 Å². The second-order valence-electron chi connectivity index (χ2n) is 6.58. The van der Waals surface area contributed by atoms with Gasteiger partial charge in [0.2, 0.25) is 5.91 Å². The summed E-state index contributed by atoms with van der Waals surface area (Å²) >= 11 is 1.78. The number of anilines is 1. The van der Waals surface area contributed by atoms with Crippen LogP contribution in [-0.2, 0) is 11.2 Å². The van der Waals surface area contributed by atoms with E-state index < -0.39 is 0 Å². The van der Waals surface area contributed by atoms with Crippen LogP contribution in [-0.4, -0.2) is 46.5 Å². The third-order valence-electron chi connectivity index (χ3n) is 5.20. The Balaban J connectivity index is 1.43. The van der Waals surface area contributed by atoms with Crippen LogP contribution in [0.4, 0.5) is 5.82 Å². The molecule has 2 atom stereocenters. The van der Waals surface area contributed by atoms with Crippen molar-refractivity contribution in [3.05, 3.63) is 41.0 Å². The minimum absolute atomic E-state index is 0.334. The van der Waals surface area contributed by atoms with Gasteiger partial charge in [-0.25, -0.2) is 4.98 Å². The molecule has 0 aliphatic carbocycles. The van der Waals surface area contributed by atoms with Crippen LogP contribution in [0.1, 0.15) is 24.1 Å². The normalized spacial score (nSPS) is 24.1. The molecule has 4 rings (SSSR count). The van der Waals surface area contributed by atoms with Gasteiger partial charge >= 0.3 is 0 Å². The summed E-state index contributed by atoms with van der Waals surface area (Å²) in [6.07, 6.45) is 8.97. The molecule has 2 saturated heterocycles. The van der Waals surface area contributed by atoms with Gasteiger partial charge < -0.3 is 9.80 Å². The molecule has 2 aliphatic heterocycles. The van der Waals surface area contributed by atoms with Crippen molar-refractivity contribution in [2.75, 3.05) is 24.5 Å². The lowest BCUT2D eigenvalue weighted by molar-refractivity contribution is -0.139. The summed E-state index contributed by atoms with van der Waals surface area (Å²) in [6.45, 7) is 2.78. The first-order chi connectivity index (χ1) is 11.8. The number of piperidine rings is 2. The highest BCUT2D eigenvalue weighted by Gasteiger charge is 2.39. The topological polar surface area (TPSA) is 49.3 Å². The first-order valence-electron chi connectivity index (χ1n) is 8.64. The Bertz CT molecular complexity index is 676. The van der Waals surface area contributed by atoms with Gasteiger partial charge in [0, 0.05) is 49.4 Å². The smallest absolute Gasteiger partial charge is 0.222 e. The van der Waals surface area contributed by atoms with E-state index in [1.165, 1.54) is 4.88 Å². The van der Waals surface area contributed by atoms with Crippen LogP contribution in [0.5, 0.6) is 0 Å². The maximum atomic E-state index is 12.5. The average molecular weight is 342 g/mol. The summed E-state index contributed by atoms with van der Waals surface area (Å²) < 4.78 is 0. The van der Waals surface area contributed by atoms with Crippen LogP contribution in [0, 0.1) is 5.92 Å². The molecule has 0 N–H and O–H groups in total. The lowest BCUT2D eigenvalue weighted by Crippen LogP contribution is -2.56. The molecule has 4 heterocycles. The van der Waals surface area contributed by atoms with Crippen LogP contribution in [0.2, 0.25) is 0 Å². The van der Waals surface area contributed by atoms with Crippen molar-refractivity contribution in [1.82, 2.24) is 14.9 Å². The van der Waals surface area contributed by atoms with Gasteiger partial charge in [-0.2, -0.15) is 0 Å². The molecule has 0 unspecified atom stereocenters. The summed E-state index contributed by atoms with van der Waals surface area (Å²) in [7, 11) is 0. The molecular formula is C18H22N4OS. The number of likely N-dealkylation sites (tertiary alicyclic amines) is 1. The second-order valence-corrected chi connectivity index (χ2v) is 7.61. The largest absolute Gasteiger partial charge is 0.355 e. The Morgan fingerprint density at radius 2 is 2.25 bits per heavy atom. The van der Waals surface area contributed by atoms with Crippen molar-refractivity contribution < 1.29 is 4.79 Å². The van der Waals surface area contributed by atoms with E-state index in [4.69, 9.17) is 0 Å². The van der Waals surface area contributed by atoms with E-state index in [0.29, 0.717) is 24.3 Å². The molecule has 0 saturated carbocycles. The summed E-state index contributed by atoms with van der Waals surface area (Å²) in [4.78, 5) is 26.9. The molecule has 0 spiro atoms. The first kappa shape index (κ1) is 15.6. The highest BCUT2D eigenvalue weighted by atomic mass is 32.1. The molecule has 6 heteroatoms. The van der Waals surface area contributed by atoms with E-state index in [9.17, 15) is 4.79 Å². The molecule has 5 nitrogen and oxygen atoms in total. The predicted molar refractivity (Wildman–Crippen MR) is 95.1 cm³/mol. The molecule has 2 aromatic rings. The van der Waals surface area contributed by atoms with Crippen molar-refractivity contribution in [1.29, 1.82) is 0 Å². The van der Waals surface area contributed by atoms with Gasteiger partial charge in [0.1, 0.15) is 5.82 Å². The van der Waals surface area contributed by atoms with Crippen molar-refractivity contribution in [3.63, 3.8) is 0 Å². The van der Waals surface area contributed by atoms with E-state index in [-0.39, 0.29) is 0 Å². The minimum atomic E-state index is 0.334. The number of hydrogen-bond donors (Lipinski definition) is 0. The quantitative estimate of drug-likeness (QED) is 0.857. The third-order valence-corrected chi connectivity index (χ3v) is 6.13. The minimum Gasteiger partial charge on any atom is -0.355 e. The highest BCUT2D eigenvalue weighted by Crippen LogP contribution is 2.32. The van der Waals surface area contributed by atoms with Gasteiger partial charge in [0.15, 0.2) is 0 Å². The second kappa shape index (κ2) is 6.89. The van der Waals surface area contributed by atoms with Gasteiger partial charge in [0.25, 0.3) is 0 Å². The van der Waals surface area contributed by atoms with Crippen LogP contribution in [0.25, 0.3) is 0 Å². The summed E-state index contributed by atoms with van der Waals surface area (Å²) in [5.74, 6) is 1.83. The molecule has 1 amide bonds. The maximum absolute atomic E-state index is 12.5. The van der Waals surface area contributed by atoms with E-state index in [0.717, 1.165) is 44.7 Å². The van der Waals surface area contributed by atoms with E-state index >= 15 is 0 Å². The number of hydrogen-bond acceptors (Lipinski definition) is 5. The molecule has 0 aromatic carbocycles. The van der Waals surface area contributed by atoms with Gasteiger partial charge in [0.05, 0.1) is 6.20 Å². The van der Waals surface area contributed by atoms with Crippen LogP contribution < -0.4 is 4.90 Å². The Kier molecular flexibility index (Phi) is 4.47. The van der Waals surface area contributed by atoms with Crippen LogP contribution in [0.3, 0.4) is 0 Å². The number of carbonyl (C=O) groups excluding carboxylic acids is 1. The standard InChI is InChI=1S/C18H22N4OS/c23-18-4-3-14-13-21(17-12-19-7-8-20-17)9-6-16(14)22(18)10-5-15-2-1-11-24-15/h1-2,7-8,11-12,14,16H,3-6,9-10,13H2/t14-,16+/m0/s1. The number of rotatable bonds is 4. The van der Waals surface area contributed by atoms with Gasteiger partial charge in [-0.15, -0.1) is 11.3 Å². The van der Waals surface area contributed by atoms with E-state index in [1.54, 1.807) is 23.7 Å². The highest BCUT2D eigenvalue weighted by molar-refractivity contribution is 7.09. The molecule has 0 radical (unpaired) electrons. The zero-order chi connectivity index (χ0) is 16.4. The van der Waals surface area contributed by atoms with Crippen molar-refractivity contribution in [2.45, 2.75) is 31.7 Å². The van der Waals surface area contributed by atoms with E-state index in [2.05, 4.69) is 37.3 Å². The molecular weight excluding hydrogens is 320 g/mol. The number of nitrogens with zero attached hydrogens (tertiary/aromatic N) is 4. The Hall–Kier alpha value is -1.95. The number of thiophene rings is 1. The van der Waals surface area contributed by atoms with Crippen LogP contribution >= 0.6 is 11.3 Å². The molecule has 24 heavy (non-hydrogen) atoms. The van der Waals surface area contributed by atoms with Gasteiger partial charge in [-0.05, 0) is 36.6 Å². The lowest BCUT2D eigenvalue weighted by Gasteiger charge is -2.47. The zero-order valence-corrected chi connectivity index (χ0v) is 14.5. The maximum Gasteiger partial charge on any atom is 0.222 e. The van der Waals surface area contributed by atoms with Crippen molar-refractivity contribution in [3.8, 4) is 0 Å². The molecule has 126 valence electrons.